The minimum absolute atomic E-state index is 0.0518. The Morgan fingerprint density at radius 1 is 0.852 bits per heavy atom. The summed E-state index contributed by atoms with van der Waals surface area (Å²) in [5.74, 6) is -0.701. The van der Waals surface area contributed by atoms with Gasteiger partial charge in [-0.25, -0.2) is 0 Å². The number of halogens is 1. The van der Waals surface area contributed by atoms with Crippen LogP contribution in [0.25, 0.3) is 0 Å². The van der Waals surface area contributed by atoms with E-state index in [-0.39, 0.29) is 37.0 Å². The van der Waals surface area contributed by atoms with Crippen LogP contribution in [-0.4, -0.2) is 24.1 Å². The van der Waals surface area contributed by atoms with Gasteiger partial charge < -0.3 is 10.6 Å². The van der Waals surface area contributed by atoms with Gasteiger partial charge in [0, 0.05) is 30.0 Å². The summed E-state index contributed by atoms with van der Waals surface area (Å²) in [4.78, 5) is 35.8. The second-order valence-corrected chi connectivity index (χ2v) is 6.84. The molecule has 2 amide bonds. The van der Waals surface area contributed by atoms with Gasteiger partial charge in [-0.1, -0.05) is 35.9 Å². The van der Waals surface area contributed by atoms with Crippen LogP contribution in [-0.2, 0) is 16.1 Å². The van der Waals surface area contributed by atoms with Crippen LogP contribution < -0.4 is 10.6 Å². The Hall–Kier alpha value is -2.66. The van der Waals surface area contributed by atoms with E-state index in [1.807, 2.05) is 38.1 Å². The molecule has 27 heavy (non-hydrogen) atoms. The maximum Gasteiger partial charge on any atom is 0.239 e. The lowest BCUT2D eigenvalue weighted by atomic mass is 10.0. The fourth-order valence-electron chi connectivity index (χ4n) is 2.42. The van der Waals surface area contributed by atoms with Gasteiger partial charge in [0.1, 0.15) is 0 Å². The predicted octanol–water partition coefficient (Wildman–Crippen LogP) is 3.35. The summed E-state index contributed by atoms with van der Waals surface area (Å²) in [7, 11) is 0. The highest BCUT2D eigenvalue weighted by Crippen LogP contribution is 2.12. The Labute approximate surface area is 164 Å². The van der Waals surface area contributed by atoms with Gasteiger partial charge in [0.05, 0.1) is 6.54 Å². The smallest absolute Gasteiger partial charge is 0.239 e. The molecule has 0 fully saturated rings. The van der Waals surface area contributed by atoms with E-state index in [1.54, 1.807) is 18.2 Å². The maximum atomic E-state index is 12.2. The molecule has 142 valence electrons. The zero-order valence-corrected chi connectivity index (χ0v) is 16.2. The fourth-order valence-corrected chi connectivity index (χ4v) is 2.54. The van der Waals surface area contributed by atoms with Gasteiger partial charge in [0.2, 0.25) is 11.8 Å². The SMILES string of the molecule is Cc1ccc(C(=O)CCC(=O)NCC(=O)NCc2ccc(Cl)cc2)cc1C. The van der Waals surface area contributed by atoms with E-state index in [4.69, 9.17) is 11.6 Å². The summed E-state index contributed by atoms with van der Waals surface area (Å²) < 4.78 is 0. The van der Waals surface area contributed by atoms with Crippen molar-refractivity contribution in [2.75, 3.05) is 6.54 Å². The Kier molecular flexibility index (Phi) is 7.55. The molecule has 6 heteroatoms. The summed E-state index contributed by atoms with van der Waals surface area (Å²) in [5, 5.41) is 5.88. The minimum Gasteiger partial charge on any atom is -0.350 e. The van der Waals surface area contributed by atoms with Gasteiger partial charge in [-0.2, -0.15) is 0 Å². The third kappa shape index (κ3) is 6.87. The molecule has 0 unspecified atom stereocenters. The average Bonchev–Trinajstić information content (AvgIpc) is 2.66. The van der Waals surface area contributed by atoms with Crippen LogP contribution in [0.5, 0.6) is 0 Å². The zero-order chi connectivity index (χ0) is 19.8. The monoisotopic (exact) mass is 386 g/mol. The lowest BCUT2D eigenvalue weighted by molar-refractivity contribution is -0.126. The van der Waals surface area contributed by atoms with Crippen molar-refractivity contribution in [3.8, 4) is 0 Å². The first-order valence-corrected chi connectivity index (χ1v) is 9.11. The summed E-state index contributed by atoms with van der Waals surface area (Å²) in [6.45, 7) is 4.16. The number of carbonyl (C=O) groups excluding carboxylic acids is 3. The minimum atomic E-state index is -0.325. The Bertz CT molecular complexity index is 832. The highest BCUT2D eigenvalue weighted by molar-refractivity contribution is 6.30. The molecular weight excluding hydrogens is 364 g/mol. The molecule has 0 aliphatic rings. The third-order valence-electron chi connectivity index (χ3n) is 4.26. The summed E-state index contributed by atoms with van der Waals surface area (Å²) in [6, 6.07) is 12.6. The van der Waals surface area contributed by atoms with Crippen LogP contribution in [0.3, 0.4) is 0 Å². The standard InChI is InChI=1S/C21H23ClN2O3/c1-14-3-6-17(11-15(14)2)19(25)9-10-20(26)24-13-21(27)23-12-16-4-7-18(22)8-5-16/h3-8,11H,9-10,12-13H2,1-2H3,(H,23,27)(H,24,26). The van der Waals surface area contributed by atoms with Crippen LogP contribution in [0.2, 0.25) is 5.02 Å². The first kappa shape index (κ1) is 20.6. The van der Waals surface area contributed by atoms with Gasteiger partial charge in [0.15, 0.2) is 5.78 Å². The third-order valence-corrected chi connectivity index (χ3v) is 4.51. The molecule has 0 bridgehead atoms. The summed E-state index contributed by atoms with van der Waals surface area (Å²) in [5.41, 5.74) is 3.68. The van der Waals surface area contributed by atoms with E-state index in [0.29, 0.717) is 17.1 Å². The topological polar surface area (TPSA) is 75.3 Å². The van der Waals surface area contributed by atoms with Crippen molar-refractivity contribution >= 4 is 29.2 Å². The fraction of sp³-hybridized carbons (Fsp3) is 0.286. The van der Waals surface area contributed by atoms with Crippen molar-refractivity contribution in [3.63, 3.8) is 0 Å². The second kappa shape index (κ2) is 9.88. The Morgan fingerprint density at radius 3 is 2.22 bits per heavy atom. The Morgan fingerprint density at radius 2 is 1.56 bits per heavy atom. The van der Waals surface area contributed by atoms with E-state index in [0.717, 1.165) is 16.7 Å². The zero-order valence-electron chi connectivity index (χ0n) is 15.5. The van der Waals surface area contributed by atoms with Crippen LogP contribution in [0.1, 0.15) is 39.9 Å². The number of hydrogen-bond acceptors (Lipinski definition) is 3. The van der Waals surface area contributed by atoms with E-state index in [2.05, 4.69) is 10.6 Å². The maximum absolute atomic E-state index is 12.2. The van der Waals surface area contributed by atoms with Gasteiger partial charge in [-0.15, -0.1) is 0 Å². The molecule has 0 saturated heterocycles. The number of amides is 2. The summed E-state index contributed by atoms with van der Waals surface area (Å²) in [6.07, 6.45) is 0.164. The van der Waals surface area contributed by atoms with Crippen molar-refractivity contribution in [2.24, 2.45) is 0 Å². The highest BCUT2D eigenvalue weighted by atomic mass is 35.5. The lowest BCUT2D eigenvalue weighted by Gasteiger charge is -2.08. The molecule has 5 nitrogen and oxygen atoms in total. The van der Waals surface area contributed by atoms with Crippen molar-refractivity contribution in [3.05, 3.63) is 69.7 Å². The molecule has 2 N–H and O–H groups in total. The number of nitrogens with one attached hydrogen (secondary N) is 2. The molecule has 0 aliphatic carbocycles. The first-order chi connectivity index (χ1) is 12.8. The van der Waals surface area contributed by atoms with E-state index in [9.17, 15) is 14.4 Å². The molecule has 2 aromatic carbocycles. The number of aryl methyl sites for hydroxylation is 2. The quantitative estimate of drug-likeness (QED) is 0.683. The molecule has 0 radical (unpaired) electrons. The number of ketones is 1. The van der Waals surface area contributed by atoms with Crippen molar-refractivity contribution < 1.29 is 14.4 Å². The number of benzene rings is 2. The van der Waals surface area contributed by atoms with Crippen molar-refractivity contribution in [2.45, 2.75) is 33.2 Å². The first-order valence-electron chi connectivity index (χ1n) is 8.73. The average molecular weight is 387 g/mol. The molecule has 0 saturated carbocycles. The molecule has 0 aromatic heterocycles. The number of rotatable bonds is 8. The summed E-state index contributed by atoms with van der Waals surface area (Å²) >= 11 is 5.81. The van der Waals surface area contributed by atoms with Gasteiger partial charge in [-0.3, -0.25) is 14.4 Å². The molecule has 0 heterocycles. The van der Waals surface area contributed by atoms with Crippen LogP contribution in [0.4, 0.5) is 0 Å². The number of hydrogen-bond donors (Lipinski definition) is 2. The van der Waals surface area contributed by atoms with E-state index in [1.165, 1.54) is 0 Å². The number of Topliss-reactive ketones (excluding diaryl/α,β-unsaturated/α-hetero) is 1. The molecule has 2 aromatic rings. The Balaban J connectivity index is 1.69. The predicted molar refractivity (Wildman–Crippen MR) is 106 cm³/mol. The molecule has 0 atom stereocenters. The molecular formula is C21H23ClN2O3. The largest absolute Gasteiger partial charge is 0.350 e. The van der Waals surface area contributed by atoms with Gasteiger partial charge in [-0.05, 0) is 48.7 Å². The molecule has 0 aliphatic heterocycles. The van der Waals surface area contributed by atoms with E-state index < -0.39 is 0 Å². The highest BCUT2D eigenvalue weighted by Gasteiger charge is 2.11. The van der Waals surface area contributed by atoms with Crippen LogP contribution in [0.15, 0.2) is 42.5 Å². The van der Waals surface area contributed by atoms with Crippen LogP contribution in [0, 0.1) is 13.8 Å². The van der Waals surface area contributed by atoms with Gasteiger partial charge >= 0.3 is 0 Å². The molecule has 0 spiro atoms. The number of carbonyl (C=O) groups is 3. The lowest BCUT2D eigenvalue weighted by Crippen LogP contribution is -2.36. The van der Waals surface area contributed by atoms with Crippen molar-refractivity contribution in [1.82, 2.24) is 10.6 Å². The van der Waals surface area contributed by atoms with E-state index >= 15 is 0 Å². The second-order valence-electron chi connectivity index (χ2n) is 6.40. The normalized spacial score (nSPS) is 10.3. The van der Waals surface area contributed by atoms with Gasteiger partial charge in [0.25, 0.3) is 0 Å². The van der Waals surface area contributed by atoms with Crippen molar-refractivity contribution in [1.29, 1.82) is 0 Å². The molecule has 2 rings (SSSR count). The van der Waals surface area contributed by atoms with Crippen LogP contribution >= 0.6 is 11.6 Å².